The second kappa shape index (κ2) is 3.38. The van der Waals surface area contributed by atoms with Gasteiger partial charge in [-0.15, -0.1) is 0 Å². The van der Waals surface area contributed by atoms with Gasteiger partial charge in [0.25, 0.3) is 0 Å². The molecule has 2 aliphatic rings. The van der Waals surface area contributed by atoms with Gasteiger partial charge in [0.2, 0.25) is 0 Å². The summed E-state index contributed by atoms with van der Waals surface area (Å²) in [5.74, 6) is -0.0218. The lowest BCUT2D eigenvalue weighted by Gasteiger charge is -2.25. The van der Waals surface area contributed by atoms with Gasteiger partial charge in [-0.25, -0.2) is 4.84 Å². The van der Waals surface area contributed by atoms with Crippen LogP contribution < -0.4 is 4.84 Å². The lowest BCUT2D eigenvalue weighted by Crippen LogP contribution is -2.27. The lowest BCUT2D eigenvalue weighted by atomic mass is 9.82. The Hall–Kier alpha value is -0.280. The number of carbonyl (C=O) groups is 1. The molecule has 2 saturated carbocycles. The number of halogens is 1. The van der Waals surface area contributed by atoms with E-state index >= 15 is 0 Å². The van der Waals surface area contributed by atoms with Crippen LogP contribution in [0.4, 0.5) is 0 Å². The zero-order chi connectivity index (χ0) is 10.2. The molecule has 14 heavy (non-hydrogen) atoms. The molecule has 0 aromatic carbocycles. The van der Waals surface area contributed by atoms with E-state index in [1.165, 1.54) is 7.11 Å². The summed E-state index contributed by atoms with van der Waals surface area (Å²) in [6, 6.07) is 0. The van der Waals surface area contributed by atoms with Gasteiger partial charge in [-0.3, -0.25) is 4.79 Å². The van der Waals surface area contributed by atoms with Crippen LogP contribution in [0.2, 0.25) is 0 Å². The van der Waals surface area contributed by atoms with Crippen molar-refractivity contribution in [2.75, 3.05) is 13.7 Å². The van der Waals surface area contributed by atoms with Crippen molar-refractivity contribution in [3.05, 3.63) is 0 Å². The van der Waals surface area contributed by atoms with E-state index in [-0.39, 0.29) is 16.8 Å². The molecule has 0 radical (unpaired) electrons. The fourth-order valence-corrected chi connectivity index (χ4v) is 3.49. The van der Waals surface area contributed by atoms with Crippen LogP contribution in [0, 0.1) is 10.8 Å². The second-order valence-corrected chi connectivity index (χ2v) is 5.03. The second-order valence-electron chi connectivity index (χ2n) is 4.76. The van der Waals surface area contributed by atoms with Crippen LogP contribution in [-0.4, -0.2) is 19.6 Å². The molecule has 1 N–H and O–H groups in total. The van der Waals surface area contributed by atoms with Crippen LogP contribution in [0.3, 0.4) is 0 Å². The van der Waals surface area contributed by atoms with Crippen molar-refractivity contribution in [3.63, 3.8) is 0 Å². The third kappa shape index (κ3) is 1.34. The van der Waals surface area contributed by atoms with Gasteiger partial charge in [0.1, 0.15) is 0 Å². The molecule has 0 amide bonds. The predicted octanol–water partition coefficient (Wildman–Crippen LogP) is 1.85. The Labute approximate surface area is 89.3 Å². The summed E-state index contributed by atoms with van der Waals surface area (Å²) in [5.41, 5.74) is 0.0818. The summed E-state index contributed by atoms with van der Waals surface area (Å²) in [6.07, 6.45) is 5.09. The molecule has 2 fully saturated rings. The first-order valence-electron chi connectivity index (χ1n) is 5.08. The van der Waals surface area contributed by atoms with Crippen molar-refractivity contribution < 1.29 is 9.53 Å². The first-order valence-corrected chi connectivity index (χ1v) is 5.46. The Balaban J connectivity index is 2.12. The third-order valence-electron chi connectivity index (χ3n) is 4.04. The van der Waals surface area contributed by atoms with Crippen LogP contribution >= 0.6 is 11.8 Å². The maximum absolute atomic E-state index is 11.7. The molecule has 2 bridgehead atoms. The number of nitrogens with one attached hydrogen (secondary N) is 1. The van der Waals surface area contributed by atoms with E-state index in [0.29, 0.717) is 0 Å². The molecule has 0 atom stereocenters. The topological polar surface area (TPSA) is 38.3 Å². The molecule has 0 heterocycles. The summed E-state index contributed by atoms with van der Waals surface area (Å²) >= 11 is 5.56. The molecule has 0 saturated heterocycles. The summed E-state index contributed by atoms with van der Waals surface area (Å²) in [7, 11) is 1.48. The van der Waals surface area contributed by atoms with Crippen molar-refractivity contribution in [3.8, 4) is 0 Å². The number of methoxy groups -OCH3 is 1. The van der Waals surface area contributed by atoms with E-state index in [0.717, 1.165) is 38.6 Å². The average molecular weight is 218 g/mol. The van der Waals surface area contributed by atoms with Gasteiger partial charge in [-0.2, -0.15) is 0 Å². The molecule has 2 aliphatic carbocycles. The van der Waals surface area contributed by atoms with Gasteiger partial charge in [0, 0.05) is 6.54 Å². The van der Waals surface area contributed by atoms with Gasteiger partial charge < -0.3 is 4.74 Å². The fourth-order valence-electron chi connectivity index (χ4n) is 3.20. The van der Waals surface area contributed by atoms with Crippen LogP contribution in [0.25, 0.3) is 0 Å². The number of carbonyl (C=O) groups excluding carboxylic acids is 1. The Bertz CT molecular complexity index is 247. The monoisotopic (exact) mass is 217 g/mol. The van der Waals surface area contributed by atoms with Crippen molar-refractivity contribution >= 4 is 17.7 Å². The van der Waals surface area contributed by atoms with E-state index in [2.05, 4.69) is 4.84 Å². The Morgan fingerprint density at radius 1 is 1.43 bits per heavy atom. The number of rotatable bonds is 3. The van der Waals surface area contributed by atoms with E-state index in [9.17, 15) is 4.79 Å². The highest BCUT2D eigenvalue weighted by Gasteiger charge is 2.58. The third-order valence-corrected chi connectivity index (χ3v) is 4.18. The van der Waals surface area contributed by atoms with Crippen LogP contribution in [-0.2, 0) is 9.53 Å². The molecule has 3 nitrogen and oxygen atoms in total. The van der Waals surface area contributed by atoms with E-state index in [1.54, 1.807) is 0 Å². The Kier molecular flexibility index (Phi) is 2.48. The minimum Gasteiger partial charge on any atom is -0.469 e. The van der Waals surface area contributed by atoms with Gasteiger partial charge in [0.05, 0.1) is 12.5 Å². The van der Waals surface area contributed by atoms with Crippen molar-refractivity contribution in [1.29, 1.82) is 0 Å². The summed E-state index contributed by atoms with van der Waals surface area (Å²) in [6.45, 7) is 0.813. The number of esters is 1. The van der Waals surface area contributed by atoms with Crippen molar-refractivity contribution in [2.45, 2.75) is 32.1 Å². The standard InChI is InChI=1S/C10H16ClNO2/c1-14-8(13)10-4-2-9(6-10,3-5-10)7-12-11/h12H,2-7H2,1H3. The first-order chi connectivity index (χ1) is 6.66. The molecule has 0 spiro atoms. The minimum absolute atomic E-state index is 0.0218. The first kappa shape index (κ1) is 10.2. The Morgan fingerprint density at radius 2 is 2.07 bits per heavy atom. The van der Waals surface area contributed by atoms with Crippen LogP contribution in [0.5, 0.6) is 0 Å². The summed E-state index contributed by atoms with van der Waals surface area (Å²) in [4.78, 5) is 14.4. The quantitative estimate of drug-likeness (QED) is 0.579. The summed E-state index contributed by atoms with van der Waals surface area (Å²) < 4.78 is 4.89. The molecule has 2 rings (SSSR count). The molecular formula is C10H16ClNO2. The number of hydrogen-bond acceptors (Lipinski definition) is 3. The SMILES string of the molecule is COC(=O)C12CCC(CNCl)(CC1)C2. The molecule has 4 heteroatoms. The molecule has 0 aromatic heterocycles. The highest BCUT2D eigenvalue weighted by Crippen LogP contribution is 2.61. The molecule has 0 aromatic rings. The zero-order valence-corrected chi connectivity index (χ0v) is 9.19. The zero-order valence-electron chi connectivity index (χ0n) is 8.44. The number of fused-ring (bicyclic) bond motifs is 2. The summed E-state index contributed by atoms with van der Waals surface area (Å²) in [5, 5.41) is 0. The molecule has 0 unspecified atom stereocenters. The highest BCUT2D eigenvalue weighted by atomic mass is 35.5. The van der Waals surface area contributed by atoms with Gasteiger partial charge in [0.15, 0.2) is 0 Å². The van der Waals surface area contributed by atoms with Gasteiger partial charge >= 0.3 is 5.97 Å². The molecule has 80 valence electrons. The predicted molar refractivity (Wildman–Crippen MR) is 53.8 cm³/mol. The maximum Gasteiger partial charge on any atom is 0.311 e. The fraction of sp³-hybridized carbons (Fsp3) is 0.900. The smallest absolute Gasteiger partial charge is 0.311 e. The largest absolute Gasteiger partial charge is 0.469 e. The number of ether oxygens (including phenoxy) is 1. The van der Waals surface area contributed by atoms with Gasteiger partial charge in [-0.1, -0.05) is 0 Å². The molecule has 0 aliphatic heterocycles. The van der Waals surface area contributed by atoms with Gasteiger partial charge in [-0.05, 0) is 49.3 Å². The Morgan fingerprint density at radius 3 is 2.57 bits per heavy atom. The average Bonchev–Trinajstić information content (AvgIpc) is 2.74. The number of hydrogen-bond donors (Lipinski definition) is 1. The van der Waals surface area contributed by atoms with Crippen LogP contribution in [0.1, 0.15) is 32.1 Å². The normalized spacial score (nSPS) is 40.1. The lowest BCUT2D eigenvalue weighted by molar-refractivity contribution is -0.152. The van der Waals surface area contributed by atoms with Crippen molar-refractivity contribution in [2.24, 2.45) is 10.8 Å². The van der Waals surface area contributed by atoms with E-state index in [1.807, 2.05) is 0 Å². The van der Waals surface area contributed by atoms with Crippen molar-refractivity contribution in [1.82, 2.24) is 4.84 Å². The minimum atomic E-state index is -0.178. The van der Waals surface area contributed by atoms with E-state index < -0.39 is 0 Å². The highest BCUT2D eigenvalue weighted by molar-refractivity contribution is 6.13. The molecular weight excluding hydrogens is 202 g/mol. The van der Waals surface area contributed by atoms with Crippen LogP contribution in [0.15, 0.2) is 0 Å². The van der Waals surface area contributed by atoms with E-state index in [4.69, 9.17) is 16.5 Å². The maximum atomic E-state index is 11.7.